The van der Waals surface area contributed by atoms with Crippen molar-refractivity contribution >= 4 is 75.4 Å². The van der Waals surface area contributed by atoms with Crippen LogP contribution in [0.15, 0.2) is 185 Å². The lowest BCUT2D eigenvalue weighted by atomic mass is 10.0. The topological polar surface area (TPSA) is 65.0 Å². The van der Waals surface area contributed by atoms with Gasteiger partial charge in [0.2, 0.25) is 0 Å². The van der Waals surface area contributed by atoms with Gasteiger partial charge in [-0.3, -0.25) is 0 Å². The molecule has 0 fully saturated rings. The highest BCUT2D eigenvalue weighted by Crippen LogP contribution is 2.41. The monoisotopic (exact) mass is 747 g/mol. The van der Waals surface area contributed by atoms with E-state index in [1.165, 1.54) is 25.7 Å². The van der Waals surface area contributed by atoms with Gasteiger partial charge < -0.3 is 8.83 Å². The number of hydrogen-bond donors (Lipinski definition) is 0. The quantitative estimate of drug-likeness (QED) is 0.175. The first-order chi connectivity index (χ1) is 28.2. The minimum atomic E-state index is 0.558. The molecule has 0 saturated heterocycles. The van der Waals surface area contributed by atoms with Crippen molar-refractivity contribution in [2.75, 3.05) is 0 Å². The Morgan fingerprint density at radius 2 is 0.877 bits per heavy atom. The van der Waals surface area contributed by atoms with Gasteiger partial charge in [0.05, 0.1) is 0 Å². The number of benzene rings is 8. The second kappa shape index (κ2) is 12.6. The van der Waals surface area contributed by atoms with Gasteiger partial charge in [-0.15, -0.1) is 11.3 Å². The van der Waals surface area contributed by atoms with Crippen LogP contribution in [0, 0.1) is 0 Å². The Balaban J connectivity index is 1.03. The molecule has 0 unspecified atom stereocenters. The Bertz CT molecular complexity index is 3540. The molecule has 57 heavy (non-hydrogen) atoms. The molecule has 12 rings (SSSR count). The maximum Gasteiger partial charge on any atom is 0.164 e. The summed E-state index contributed by atoms with van der Waals surface area (Å²) < 4.78 is 15.5. The molecule has 0 amide bonds. The van der Waals surface area contributed by atoms with Crippen LogP contribution in [0.5, 0.6) is 0 Å². The van der Waals surface area contributed by atoms with Gasteiger partial charge >= 0.3 is 0 Å². The predicted octanol–water partition coefficient (Wildman–Crippen LogP) is 14.4. The van der Waals surface area contributed by atoms with Crippen molar-refractivity contribution in [3.63, 3.8) is 0 Å². The van der Waals surface area contributed by atoms with Crippen molar-refractivity contribution in [3.05, 3.63) is 176 Å². The number of aromatic nitrogens is 3. The average Bonchev–Trinajstić information content (AvgIpc) is 3.97. The zero-order chi connectivity index (χ0) is 37.5. The molecule has 4 heterocycles. The third-order valence-electron chi connectivity index (χ3n) is 11.0. The van der Waals surface area contributed by atoms with E-state index >= 15 is 0 Å². The first-order valence-electron chi connectivity index (χ1n) is 18.9. The van der Waals surface area contributed by atoms with Crippen LogP contribution in [-0.4, -0.2) is 15.0 Å². The summed E-state index contributed by atoms with van der Waals surface area (Å²) in [6.45, 7) is 0. The van der Waals surface area contributed by atoms with Crippen molar-refractivity contribution < 1.29 is 8.83 Å². The van der Waals surface area contributed by atoms with E-state index in [1.54, 1.807) is 0 Å². The summed E-state index contributed by atoms with van der Waals surface area (Å²) >= 11 is 1.83. The standard InChI is InChI=1S/C51H29N3O2S/c1-2-11-30(12-3-1)35-17-9-19-41-39-26-24-34(29-45(39)56-47(35)41)51-53-49(52-50(54-51)33-23-25-38-37-15-4-6-21-43(37)55-44(38)28-33)32-14-8-13-31(27-32)36-18-10-20-42-40-16-5-7-22-46(40)57-48(36)42/h1-29H. The minimum absolute atomic E-state index is 0.558. The molecule has 0 aliphatic rings. The average molecular weight is 748 g/mol. The molecule has 5 nitrogen and oxygen atoms in total. The van der Waals surface area contributed by atoms with E-state index in [0.717, 1.165) is 77.3 Å². The second-order valence-corrected chi connectivity index (χ2v) is 15.4. The maximum atomic E-state index is 6.65. The third kappa shape index (κ3) is 5.19. The number of para-hydroxylation sites is 2. The first-order valence-corrected chi connectivity index (χ1v) is 19.7. The van der Waals surface area contributed by atoms with Crippen molar-refractivity contribution in [1.29, 1.82) is 0 Å². The van der Waals surface area contributed by atoms with Gasteiger partial charge in [0.1, 0.15) is 22.3 Å². The molecule has 0 atom stereocenters. The minimum Gasteiger partial charge on any atom is -0.456 e. The lowest BCUT2D eigenvalue weighted by Crippen LogP contribution is -2.00. The Morgan fingerprint density at radius 1 is 0.333 bits per heavy atom. The summed E-state index contributed by atoms with van der Waals surface area (Å²) in [7, 11) is 0. The van der Waals surface area contributed by atoms with E-state index in [1.807, 2.05) is 47.7 Å². The van der Waals surface area contributed by atoms with Crippen molar-refractivity contribution in [1.82, 2.24) is 15.0 Å². The summed E-state index contributed by atoms with van der Waals surface area (Å²) in [6, 6.07) is 60.9. The summed E-state index contributed by atoms with van der Waals surface area (Å²) in [5, 5.41) is 6.79. The van der Waals surface area contributed by atoms with Gasteiger partial charge in [0.15, 0.2) is 17.5 Å². The van der Waals surface area contributed by atoms with Gasteiger partial charge in [-0.2, -0.15) is 0 Å². The number of thiophene rings is 1. The van der Waals surface area contributed by atoms with Crippen LogP contribution in [0.3, 0.4) is 0 Å². The lowest BCUT2D eigenvalue weighted by molar-refractivity contribution is 0.669. The highest BCUT2D eigenvalue weighted by Gasteiger charge is 2.18. The molecule has 0 aliphatic heterocycles. The fourth-order valence-electron chi connectivity index (χ4n) is 8.21. The smallest absolute Gasteiger partial charge is 0.164 e. The molecule has 0 N–H and O–H groups in total. The molecule has 0 spiro atoms. The molecule has 6 heteroatoms. The van der Waals surface area contributed by atoms with Gasteiger partial charge in [0, 0.05) is 64.0 Å². The van der Waals surface area contributed by atoms with Gasteiger partial charge in [0.25, 0.3) is 0 Å². The molecular formula is C51H29N3O2S. The Kier molecular flexibility index (Phi) is 7.03. The summed E-state index contributed by atoms with van der Waals surface area (Å²) in [5.74, 6) is 1.70. The second-order valence-electron chi connectivity index (χ2n) is 14.3. The van der Waals surface area contributed by atoms with Crippen molar-refractivity contribution in [2.45, 2.75) is 0 Å². The van der Waals surface area contributed by atoms with Crippen LogP contribution in [0.2, 0.25) is 0 Å². The Hall–Kier alpha value is -7.41. The molecule has 0 aliphatic carbocycles. The molecule has 8 aromatic carbocycles. The van der Waals surface area contributed by atoms with Crippen molar-refractivity contribution in [2.24, 2.45) is 0 Å². The fourth-order valence-corrected chi connectivity index (χ4v) is 9.45. The van der Waals surface area contributed by atoms with E-state index < -0.39 is 0 Å². The zero-order valence-corrected chi connectivity index (χ0v) is 31.1. The maximum absolute atomic E-state index is 6.65. The zero-order valence-electron chi connectivity index (χ0n) is 30.3. The third-order valence-corrected chi connectivity index (χ3v) is 12.2. The first kappa shape index (κ1) is 31.9. The van der Waals surface area contributed by atoms with Gasteiger partial charge in [-0.05, 0) is 59.2 Å². The van der Waals surface area contributed by atoms with Gasteiger partial charge in [-0.25, -0.2) is 15.0 Å². The number of furan rings is 2. The SMILES string of the molecule is c1ccc(-c2cccc3c2oc2cc(-c4nc(-c5cccc(-c6cccc7c6sc6ccccc67)c5)nc(-c5ccc6c(c5)oc5ccccc56)n4)ccc23)cc1. The summed E-state index contributed by atoms with van der Waals surface area (Å²) in [5.41, 5.74) is 10.3. The highest BCUT2D eigenvalue weighted by molar-refractivity contribution is 7.26. The lowest BCUT2D eigenvalue weighted by Gasteiger charge is -2.10. The molecule has 12 aromatic rings. The predicted molar refractivity (Wildman–Crippen MR) is 234 cm³/mol. The van der Waals surface area contributed by atoms with E-state index in [2.05, 4.69) is 140 Å². The van der Waals surface area contributed by atoms with Crippen LogP contribution in [0.1, 0.15) is 0 Å². The molecular weight excluding hydrogens is 719 g/mol. The Morgan fingerprint density at radius 3 is 1.67 bits per heavy atom. The van der Waals surface area contributed by atoms with E-state index in [4.69, 9.17) is 23.8 Å². The normalized spacial score (nSPS) is 11.9. The number of rotatable bonds is 5. The van der Waals surface area contributed by atoms with Gasteiger partial charge in [-0.1, -0.05) is 133 Å². The van der Waals surface area contributed by atoms with E-state index in [-0.39, 0.29) is 0 Å². The Labute approximate surface area is 330 Å². The molecule has 0 bridgehead atoms. The van der Waals surface area contributed by atoms with Crippen LogP contribution in [0.25, 0.3) is 120 Å². The molecule has 0 radical (unpaired) electrons. The molecule has 0 saturated carbocycles. The van der Waals surface area contributed by atoms with Crippen molar-refractivity contribution in [3.8, 4) is 56.4 Å². The number of fused-ring (bicyclic) bond motifs is 9. The van der Waals surface area contributed by atoms with Crippen LogP contribution >= 0.6 is 11.3 Å². The summed E-state index contributed by atoms with van der Waals surface area (Å²) in [6.07, 6.45) is 0. The van der Waals surface area contributed by atoms with Crippen LogP contribution in [-0.2, 0) is 0 Å². The fraction of sp³-hybridized carbons (Fsp3) is 0. The van der Waals surface area contributed by atoms with Crippen LogP contribution < -0.4 is 0 Å². The molecule has 4 aromatic heterocycles. The number of hydrogen-bond acceptors (Lipinski definition) is 6. The van der Waals surface area contributed by atoms with E-state index in [0.29, 0.717) is 17.5 Å². The largest absolute Gasteiger partial charge is 0.456 e. The number of nitrogens with zero attached hydrogens (tertiary/aromatic N) is 3. The summed E-state index contributed by atoms with van der Waals surface area (Å²) in [4.78, 5) is 15.4. The molecule has 266 valence electrons. The van der Waals surface area contributed by atoms with E-state index in [9.17, 15) is 0 Å². The van der Waals surface area contributed by atoms with Crippen LogP contribution in [0.4, 0.5) is 0 Å². The highest BCUT2D eigenvalue weighted by atomic mass is 32.1.